The second kappa shape index (κ2) is 56.2. The molecule has 0 aliphatic carbocycles. The Morgan fingerprint density at radius 3 is 0.970 bits per heavy atom. The predicted octanol–water partition coefficient (Wildman–Crippen LogP) is 18.6. The molecule has 3 unspecified atom stereocenters. The third-order valence-corrected chi connectivity index (χ3v) is 13.9. The van der Waals surface area contributed by atoms with E-state index in [0.717, 1.165) is 38.5 Å². The average Bonchev–Trinajstić information content (AvgIpc) is 3.31. The molecular formula is C61H117NO4. The fourth-order valence-corrected chi connectivity index (χ4v) is 9.38. The van der Waals surface area contributed by atoms with Gasteiger partial charge in [-0.05, 0) is 44.9 Å². The number of amides is 1. The van der Waals surface area contributed by atoms with Crippen molar-refractivity contribution in [1.29, 1.82) is 0 Å². The van der Waals surface area contributed by atoms with Crippen LogP contribution >= 0.6 is 0 Å². The number of carbonyl (C=O) groups excluding carboxylic acids is 1. The van der Waals surface area contributed by atoms with Gasteiger partial charge in [0.2, 0.25) is 5.91 Å². The van der Waals surface area contributed by atoms with Crippen LogP contribution in [0.15, 0.2) is 36.5 Å². The largest absolute Gasteiger partial charge is 0.394 e. The number of nitrogens with one attached hydrogen (secondary N) is 1. The summed E-state index contributed by atoms with van der Waals surface area (Å²) >= 11 is 0. The minimum Gasteiger partial charge on any atom is -0.394 e. The van der Waals surface area contributed by atoms with Gasteiger partial charge in [0.1, 0.15) is 0 Å². The van der Waals surface area contributed by atoms with Crippen molar-refractivity contribution in [2.45, 2.75) is 340 Å². The number of unbranched alkanes of at least 4 members (excludes halogenated alkanes) is 42. The number of hydrogen-bond donors (Lipinski definition) is 4. The highest BCUT2D eigenvalue weighted by molar-refractivity contribution is 5.76. The predicted molar refractivity (Wildman–Crippen MR) is 291 cm³/mol. The summed E-state index contributed by atoms with van der Waals surface area (Å²) in [6, 6.07) is -0.767. The summed E-state index contributed by atoms with van der Waals surface area (Å²) < 4.78 is 0. The van der Waals surface area contributed by atoms with E-state index in [9.17, 15) is 20.1 Å². The zero-order valence-electron chi connectivity index (χ0n) is 44.6. The van der Waals surface area contributed by atoms with Gasteiger partial charge >= 0.3 is 0 Å². The normalized spacial score (nSPS) is 13.5. The van der Waals surface area contributed by atoms with E-state index in [0.29, 0.717) is 6.42 Å². The van der Waals surface area contributed by atoms with E-state index in [1.165, 1.54) is 257 Å². The Morgan fingerprint density at radius 1 is 0.379 bits per heavy atom. The molecule has 0 fully saturated rings. The van der Waals surface area contributed by atoms with Gasteiger partial charge in [0, 0.05) is 0 Å². The van der Waals surface area contributed by atoms with Crippen LogP contribution in [0.1, 0.15) is 322 Å². The molecule has 5 nitrogen and oxygen atoms in total. The van der Waals surface area contributed by atoms with Crippen molar-refractivity contribution in [3.63, 3.8) is 0 Å². The van der Waals surface area contributed by atoms with Crippen LogP contribution in [-0.4, -0.2) is 46.1 Å². The van der Waals surface area contributed by atoms with Crippen LogP contribution < -0.4 is 5.32 Å². The van der Waals surface area contributed by atoms with E-state index in [2.05, 4.69) is 43.5 Å². The molecule has 0 aliphatic heterocycles. The van der Waals surface area contributed by atoms with Crippen molar-refractivity contribution in [3.05, 3.63) is 36.5 Å². The van der Waals surface area contributed by atoms with Gasteiger partial charge in [0.05, 0.1) is 31.3 Å². The van der Waals surface area contributed by atoms with Crippen molar-refractivity contribution in [3.8, 4) is 0 Å². The van der Waals surface area contributed by atoms with Crippen molar-refractivity contribution >= 4 is 5.91 Å². The highest BCUT2D eigenvalue weighted by Crippen LogP contribution is 2.18. The topological polar surface area (TPSA) is 89.8 Å². The van der Waals surface area contributed by atoms with Gasteiger partial charge in [-0.1, -0.05) is 307 Å². The quantitative estimate of drug-likeness (QED) is 0.0361. The van der Waals surface area contributed by atoms with Crippen LogP contribution in [0.25, 0.3) is 0 Å². The lowest BCUT2D eigenvalue weighted by molar-refractivity contribution is -0.124. The maximum absolute atomic E-state index is 12.5. The van der Waals surface area contributed by atoms with Gasteiger partial charge in [-0.2, -0.15) is 0 Å². The number of carbonyl (C=O) groups is 1. The van der Waals surface area contributed by atoms with E-state index >= 15 is 0 Å². The third-order valence-electron chi connectivity index (χ3n) is 13.9. The highest BCUT2D eigenvalue weighted by Gasteiger charge is 2.20. The van der Waals surface area contributed by atoms with Gasteiger partial charge in [0.25, 0.3) is 0 Å². The van der Waals surface area contributed by atoms with Crippen LogP contribution in [0.4, 0.5) is 0 Å². The molecule has 4 N–H and O–H groups in total. The molecule has 0 saturated carbocycles. The minimum atomic E-state index is -0.959. The first-order chi connectivity index (χ1) is 32.5. The summed E-state index contributed by atoms with van der Waals surface area (Å²) in [5, 5.41) is 33.4. The standard InChI is InChI=1S/C61H117NO4/c1-3-5-7-9-11-13-15-17-19-21-23-25-26-27-28-29-30-31-32-33-34-35-36-38-40-42-44-46-48-50-52-54-58(64)56-61(66)62-59(57-63)60(65)55-53-51-49-47-45-43-41-39-37-24-22-20-18-16-14-12-10-8-6-4-2/h37,39,45,47,53,55,58-60,63-65H,3-36,38,40-44,46,48-52,54,56-57H2,1-2H3,(H,62,66)/b39-37+,47-45+,55-53+. The second-order valence-electron chi connectivity index (χ2n) is 20.6. The zero-order valence-corrected chi connectivity index (χ0v) is 44.6. The van der Waals surface area contributed by atoms with Gasteiger partial charge in [-0.25, -0.2) is 0 Å². The molecule has 0 aliphatic rings. The minimum absolute atomic E-state index is 0.00577. The number of hydrogen-bond acceptors (Lipinski definition) is 4. The molecule has 0 aromatic carbocycles. The van der Waals surface area contributed by atoms with Crippen molar-refractivity contribution in [2.24, 2.45) is 0 Å². The Balaban J connectivity index is 3.54. The summed E-state index contributed by atoms with van der Waals surface area (Å²) in [5.41, 5.74) is 0. The maximum Gasteiger partial charge on any atom is 0.222 e. The smallest absolute Gasteiger partial charge is 0.222 e. The van der Waals surface area contributed by atoms with Crippen LogP contribution in [0.5, 0.6) is 0 Å². The second-order valence-corrected chi connectivity index (χ2v) is 20.6. The first-order valence-corrected chi connectivity index (χ1v) is 29.8. The summed E-state index contributed by atoms with van der Waals surface area (Å²) in [7, 11) is 0. The zero-order chi connectivity index (χ0) is 47.9. The SMILES string of the molecule is CCCCCCCCCCCC/C=C/CC/C=C/CC/C=C/C(O)C(CO)NC(=O)CC(O)CCCCCCCCCCCCCCCCCCCCCCCCCCCCCCCCC. The number of allylic oxidation sites excluding steroid dienone is 5. The van der Waals surface area contributed by atoms with Gasteiger partial charge in [-0.15, -0.1) is 0 Å². The lowest BCUT2D eigenvalue weighted by atomic mass is 10.0. The van der Waals surface area contributed by atoms with Crippen molar-refractivity contribution in [1.82, 2.24) is 5.32 Å². The summed E-state index contributed by atoms with van der Waals surface area (Å²) in [5.74, 6) is -0.324. The Hall–Kier alpha value is -1.43. The summed E-state index contributed by atoms with van der Waals surface area (Å²) in [6.07, 6.45) is 73.6. The van der Waals surface area contributed by atoms with Crippen LogP contribution in [0.3, 0.4) is 0 Å². The number of aliphatic hydroxyl groups is 3. The molecule has 66 heavy (non-hydrogen) atoms. The Labute approximate surface area is 413 Å². The van der Waals surface area contributed by atoms with Gasteiger partial charge in [-0.3, -0.25) is 4.79 Å². The molecule has 0 bridgehead atoms. The first kappa shape index (κ1) is 64.6. The van der Waals surface area contributed by atoms with Crippen LogP contribution in [0, 0.1) is 0 Å². The molecule has 0 aromatic rings. The molecule has 1 amide bonds. The lowest BCUT2D eigenvalue weighted by Crippen LogP contribution is -2.45. The summed E-state index contributed by atoms with van der Waals surface area (Å²) in [4.78, 5) is 12.5. The van der Waals surface area contributed by atoms with E-state index in [-0.39, 0.29) is 18.9 Å². The van der Waals surface area contributed by atoms with E-state index in [4.69, 9.17) is 0 Å². The Kier molecular flexibility index (Phi) is 54.9. The summed E-state index contributed by atoms with van der Waals surface area (Å²) in [6.45, 7) is 4.23. The molecule has 0 radical (unpaired) electrons. The molecule has 0 aromatic heterocycles. The fourth-order valence-electron chi connectivity index (χ4n) is 9.38. The first-order valence-electron chi connectivity index (χ1n) is 29.8. The maximum atomic E-state index is 12.5. The molecular weight excluding hydrogens is 811 g/mol. The molecule has 0 heterocycles. The van der Waals surface area contributed by atoms with Crippen LogP contribution in [0.2, 0.25) is 0 Å². The van der Waals surface area contributed by atoms with E-state index in [1.54, 1.807) is 6.08 Å². The Morgan fingerprint density at radius 2 is 0.652 bits per heavy atom. The molecule has 3 atom stereocenters. The molecule has 5 heteroatoms. The fraction of sp³-hybridized carbons (Fsp3) is 0.885. The van der Waals surface area contributed by atoms with Crippen LogP contribution in [-0.2, 0) is 4.79 Å². The van der Waals surface area contributed by atoms with Crippen molar-refractivity contribution in [2.75, 3.05) is 6.61 Å². The molecule has 0 rings (SSSR count). The average molecular weight is 929 g/mol. The van der Waals surface area contributed by atoms with E-state index in [1.807, 2.05) is 6.08 Å². The number of rotatable bonds is 55. The molecule has 0 saturated heterocycles. The molecule has 0 spiro atoms. The Bertz CT molecular complexity index is 1020. The third kappa shape index (κ3) is 52.0. The highest BCUT2D eigenvalue weighted by atomic mass is 16.3. The number of aliphatic hydroxyl groups excluding tert-OH is 3. The van der Waals surface area contributed by atoms with Gasteiger partial charge in [0.15, 0.2) is 0 Å². The monoisotopic (exact) mass is 928 g/mol. The van der Waals surface area contributed by atoms with E-state index < -0.39 is 18.2 Å². The molecule has 390 valence electrons. The van der Waals surface area contributed by atoms with Gasteiger partial charge < -0.3 is 20.6 Å². The lowest BCUT2D eigenvalue weighted by Gasteiger charge is -2.21. The van der Waals surface area contributed by atoms with Crippen molar-refractivity contribution < 1.29 is 20.1 Å².